The monoisotopic (exact) mass is 1260 g/mol. The summed E-state index contributed by atoms with van der Waals surface area (Å²) in [5.41, 5.74) is 6.66. The summed E-state index contributed by atoms with van der Waals surface area (Å²) in [6.07, 6.45) is 2.15. The highest BCUT2D eigenvalue weighted by atomic mass is 32.3. The Kier molecular flexibility index (Phi) is 5.31. The van der Waals surface area contributed by atoms with Gasteiger partial charge in [0.2, 0.25) is 0 Å². The first kappa shape index (κ1) is 42.0. The Labute approximate surface area is 530 Å². The Balaban J connectivity index is 0.722. The minimum absolute atomic E-state index is 0.262. The van der Waals surface area contributed by atoms with E-state index in [1.807, 2.05) is 23.5 Å². The molecular formula is C80H28O5S6. The molecule has 0 radical (unpaired) electrons. The van der Waals surface area contributed by atoms with Gasteiger partial charge in [0, 0.05) is 32.1 Å². The predicted molar refractivity (Wildman–Crippen MR) is 394 cm³/mol. The van der Waals surface area contributed by atoms with Gasteiger partial charge in [0.15, 0.2) is 0 Å². The van der Waals surface area contributed by atoms with Gasteiger partial charge in [0.1, 0.15) is 0 Å². The second-order valence-corrected chi connectivity index (χ2v) is 37.6. The molecule has 0 amide bonds. The molecule has 36 rings (SSSR count). The lowest BCUT2D eigenvalue weighted by molar-refractivity contribution is -0.00902. The first-order valence-corrected chi connectivity index (χ1v) is 38.4. The quantitative estimate of drug-likeness (QED) is 0.136. The predicted octanol–water partition coefficient (Wildman–Crippen LogP) is 22.1. The number of thioether (sulfide) groups is 6. The molecule has 0 aromatic heterocycles. The van der Waals surface area contributed by atoms with Crippen LogP contribution in [0.5, 0.6) is 0 Å². The topological polar surface area (TPSA) is 46.2 Å². The van der Waals surface area contributed by atoms with E-state index in [2.05, 4.69) is 47.0 Å². The number of benzene rings is 18. The van der Waals surface area contributed by atoms with E-state index in [4.69, 9.17) is 23.7 Å². The van der Waals surface area contributed by atoms with Gasteiger partial charge in [0.05, 0.1) is 83.0 Å². The third-order valence-electron chi connectivity index (χ3n) is 28.4. The Hall–Kier alpha value is -6.42. The van der Waals surface area contributed by atoms with Crippen LogP contribution in [0.15, 0.2) is 26.8 Å². The second-order valence-electron chi connectivity index (χ2n) is 30.1. The van der Waals surface area contributed by atoms with Crippen LogP contribution in [-0.4, -0.2) is 77.6 Å². The lowest BCUT2D eigenvalue weighted by atomic mass is 9.45. The van der Waals surface area contributed by atoms with Gasteiger partial charge in [-0.2, -0.15) is 0 Å². The van der Waals surface area contributed by atoms with Crippen molar-refractivity contribution in [2.24, 2.45) is 0 Å². The van der Waals surface area contributed by atoms with Crippen LogP contribution in [0.4, 0.5) is 0 Å². The van der Waals surface area contributed by atoms with Crippen LogP contribution in [0.25, 0.3) is 291 Å². The van der Waals surface area contributed by atoms with Gasteiger partial charge in [-0.15, -0.1) is 23.5 Å². The second kappa shape index (κ2) is 11.5. The minimum Gasteiger partial charge on any atom is -0.378 e. The Bertz CT molecular complexity index is 7450. The third kappa shape index (κ3) is 3.06. The molecule has 0 bridgehead atoms. The van der Waals surface area contributed by atoms with Crippen LogP contribution in [0.3, 0.4) is 0 Å². The van der Waals surface area contributed by atoms with Crippen molar-refractivity contribution in [3.05, 3.63) is 49.0 Å². The normalized spacial score (nSPS) is 24.7. The summed E-state index contributed by atoms with van der Waals surface area (Å²) in [4.78, 5) is 3.34. The lowest BCUT2D eigenvalue weighted by Gasteiger charge is -2.57. The van der Waals surface area contributed by atoms with E-state index in [-0.39, 0.29) is 10.8 Å². The van der Waals surface area contributed by atoms with Crippen molar-refractivity contribution >= 4 is 361 Å². The maximum absolute atomic E-state index is 6.19. The molecule has 3 heterocycles. The highest BCUT2D eigenvalue weighted by Gasteiger charge is 2.71. The van der Waals surface area contributed by atoms with Crippen LogP contribution in [-0.2, 0) is 34.5 Å². The average Bonchev–Trinajstić information content (AvgIpc) is 1.38. The van der Waals surface area contributed by atoms with Crippen LogP contribution in [0, 0.1) is 0 Å². The molecule has 2 spiro atoms. The van der Waals surface area contributed by atoms with Gasteiger partial charge in [-0.25, -0.2) is 0 Å². The number of hydrogen-bond acceptors (Lipinski definition) is 11. The van der Waals surface area contributed by atoms with Crippen molar-refractivity contribution in [1.82, 2.24) is 0 Å². The Morgan fingerprint density at radius 1 is 0.176 bits per heavy atom. The SMILES string of the molecule is C1COCCOCCSC2=C(SCCOCCOCCO1)SC(=C1SC3=C(CC45c6c7c8c9c%10c%11c(c%12c%13c4c4c6c6c%14c7c7c8c8c%10c%10c%15c%11c%11c%12c%12c%13c%13c4c4c6c6c%14c%14c7c7c8c%10c8c%10c%15c%11c%11c%12c%12c%13c4c4c6c6c%14c7c8c7c%10c%11c%12c4c67)C95C3)S1)S2. The molecule has 0 saturated carbocycles. The molecule has 5 nitrogen and oxygen atoms in total. The number of rotatable bonds is 0. The molecule has 0 N–H and O–H groups in total. The van der Waals surface area contributed by atoms with E-state index >= 15 is 0 Å². The highest BCUT2D eigenvalue weighted by molar-refractivity contribution is 8.42. The summed E-state index contributed by atoms with van der Waals surface area (Å²) < 4.78 is 35.6. The summed E-state index contributed by atoms with van der Waals surface area (Å²) in [5.74, 6) is 1.83. The molecule has 11 heteroatoms. The Morgan fingerprint density at radius 2 is 0.341 bits per heavy atom. The average molecular weight is 1260 g/mol. The number of hydrogen-bond donors (Lipinski definition) is 0. The zero-order valence-corrected chi connectivity index (χ0v) is 52.3. The molecule has 0 fully saturated rings. The standard InChI is InChI=1S/C80H28O5S6/c1-3-82-5-7-84-9-11-86-75-76(87-12-10-85-8-6-83-4-2-81-1)91-78(90-75)77-88-15-13-79-71-63-55-45-35-27-19-17-18-21-25-23(19)31-39-33(25)43-37-29(21)30-22(18)26-24-20(17)28(27)36-42-32(24)40-34(26)44-38(30)48-47(37)57-51(43)61-53(39)59(49(55)41(31)35)67(71)69(61)73-65(57)66-58(48)52(44)62-54(40)60-50(42)56(46(36)45)64(63)72(79)68(60)70(62)74(66)80(73,79)14-16(15)89-77/h1-14H2. The van der Waals surface area contributed by atoms with Gasteiger partial charge in [-0.05, 0) is 326 Å². The molecule has 0 atom stereocenters. The first-order chi connectivity index (χ1) is 45.3. The molecule has 8 aliphatic rings. The molecule has 91 heavy (non-hydrogen) atoms. The largest absolute Gasteiger partial charge is 0.378 e. The zero-order chi connectivity index (χ0) is 55.6. The van der Waals surface area contributed by atoms with Gasteiger partial charge in [-0.1, -0.05) is 47.0 Å². The Morgan fingerprint density at radius 3 is 0.538 bits per heavy atom. The van der Waals surface area contributed by atoms with Crippen molar-refractivity contribution in [2.45, 2.75) is 23.7 Å². The molecule has 28 aromatic rings. The van der Waals surface area contributed by atoms with Gasteiger partial charge >= 0.3 is 0 Å². The van der Waals surface area contributed by atoms with E-state index in [1.54, 1.807) is 323 Å². The molecule has 3 aliphatic heterocycles. The van der Waals surface area contributed by atoms with Crippen LogP contribution in [0.2, 0.25) is 0 Å². The molecular weight excluding hydrogens is 1230 g/mol. The molecule has 414 valence electrons. The fraction of sp³-hybridized carbons (Fsp3) is 0.200. The molecule has 0 saturated heterocycles. The zero-order valence-electron chi connectivity index (χ0n) is 47.4. The van der Waals surface area contributed by atoms with Gasteiger partial charge in [-0.3, -0.25) is 0 Å². The summed E-state index contributed by atoms with van der Waals surface area (Å²) in [6, 6.07) is 0. The van der Waals surface area contributed by atoms with E-state index in [0.717, 1.165) is 24.3 Å². The van der Waals surface area contributed by atoms with Crippen molar-refractivity contribution < 1.29 is 23.7 Å². The van der Waals surface area contributed by atoms with Gasteiger partial charge < -0.3 is 23.7 Å². The molecule has 5 aliphatic carbocycles. The van der Waals surface area contributed by atoms with Crippen LogP contribution < -0.4 is 0 Å². The molecule has 0 unspecified atom stereocenters. The van der Waals surface area contributed by atoms with E-state index in [9.17, 15) is 0 Å². The van der Waals surface area contributed by atoms with Crippen molar-refractivity contribution in [3.8, 4) is 0 Å². The number of allylic oxidation sites excluding steroid dienone is 2. The summed E-state index contributed by atoms with van der Waals surface area (Å²) in [6.45, 7) is 6.04. The highest BCUT2D eigenvalue weighted by Crippen LogP contribution is 2.87. The van der Waals surface area contributed by atoms with Crippen LogP contribution in [0.1, 0.15) is 35.1 Å². The fourth-order valence-electron chi connectivity index (χ4n) is 27.3. The van der Waals surface area contributed by atoms with Crippen molar-refractivity contribution in [3.63, 3.8) is 0 Å². The van der Waals surface area contributed by atoms with E-state index in [0.29, 0.717) is 66.1 Å². The van der Waals surface area contributed by atoms with Crippen molar-refractivity contribution in [2.75, 3.05) is 77.6 Å². The smallest absolute Gasteiger partial charge is 0.0717 e. The number of ether oxygens (including phenoxy) is 5. The maximum atomic E-state index is 6.19. The fourth-order valence-corrected chi connectivity index (χ4v) is 36.2. The summed E-state index contributed by atoms with van der Waals surface area (Å²) in [7, 11) is 0. The van der Waals surface area contributed by atoms with Crippen LogP contribution >= 0.6 is 70.6 Å². The first-order valence-electron chi connectivity index (χ1n) is 33.2. The van der Waals surface area contributed by atoms with Crippen molar-refractivity contribution in [1.29, 1.82) is 0 Å². The molecule has 28 aromatic carbocycles. The maximum Gasteiger partial charge on any atom is 0.0717 e. The van der Waals surface area contributed by atoms with E-state index in [1.165, 1.54) is 16.9 Å². The lowest BCUT2D eigenvalue weighted by Crippen LogP contribution is -2.53. The minimum atomic E-state index is -0.262. The van der Waals surface area contributed by atoms with E-state index < -0.39 is 0 Å². The summed E-state index contributed by atoms with van der Waals surface area (Å²) in [5, 5.41) is 90.5. The van der Waals surface area contributed by atoms with Gasteiger partial charge in [0.25, 0.3) is 0 Å². The summed E-state index contributed by atoms with van der Waals surface area (Å²) >= 11 is 12.5. The third-order valence-corrected chi connectivity index (χ3v) is 37.0.